The molecule has 0 bridgehead atoms. The number of carbonyl (C=O) groups excluding carboxylic acids is 1. The van der Waals surface area contributed by atoms with E-state index in [4.69, 9.17) is 9.47 Å². The van der Waals surface area contributed by atoms with Crippen LogP contribution in [-0.4, -0.2) is 72.8 Å². The van der Waals surface area contributed by atoms with Crippen molar-refractivity contribution in [3.63, 3.8) is 0 Å². The van der Waals surface area contributed by atoms with Crippen molar-refractivity contribution in [2.24, 2.45) is 0 Å². The molecule has 4 rings (SSSR count). The molecule has 1 fully saturated rings. The first-order valence-electron chi connectivity index (χ1n) is 9.67. The molecule has 28 heavy (non-hydrogen) atoms. The number of amides is 1. The van der Waals surface area contributed by atoms with Gasteiger partial charge in [-0.3, -0.25) is 9.69 Å². The van der Waals surface area contributed by atoms with Crippen LogP contribution < -0.4 is 19.7 Å². The van der Waals surface area contributed by atoms with Crippen LogP contribution in [0.2, 0.25) is 0 Å². The van der Waals surface area contributed by atoms with Crippen molar-refractivity contribution in [2.75, 3.05) is 50.8 Å². The van der Waals surface area contributed by atoms with E-state index in [1.807, 2.05) is 30.3 Å². The molecule has 2 aromatic rings. The summed E-state index contributed by atoms with van der Waals surface area (Å²) in [4.78, 5) is 25.1. The maximum atomic E-state index is 12.2. The maximum absolute atomic E-state index is 12.2. The van der Waals surface area contributed by atoms with E-state index in [1.165, 1.54) is 0 Å². The zero-order chi connectivity index (χ0) is 19.2. The second kappa shape index (κ2) is 8.88. The number of rotatable bonds is 6. The topological polar surface area (TPSA) is 79.8 Å². The Morgan fingerprint density at radius 1 is 1.07 bits per heavy atom. The Kier molecular flexibility index (Phi) is 5.86. The van der Waals surface area contributed by atoms with Crippen LogP contribution in [0, 0.1) is 0 Å². The molecule has 0 radical (unpaired) electrons. The van der Waals surface area contributed by atoms with E-state index in [2.05, 4.69) is 25.1 Å². The number of ether oxygens (including phenoxy) is 2. The first kappa shape index (κ1) is 18.5. The number of carbonyl (C=O) groups is 1. The number of nitrogens with one attached hydrogen (secondary N) is 1. The summed E-state index contributed by atoms with van der Waals surface area (Å²) in [5.74, 6) is 2.34. The first-order chi connectivity index (χ1) is 13.8. The summed E-state index contributed by atoms with van der Waals surface area (Å²) in [5.41, 5.74) is 0. The lowest BCUT2D eigenvalue weighted by atomic mass is 10.2. The summed E-state index contributed by atoms with van der Waals surface area (Å²) in [7, 11) is 0. The van der Waals surface area contributed by atoms with Gasteiger partial charge in [-0.2, -0.15) is 0 Å². The van der Waals surface area contributed by atoms with Crippen LogP contribution in [0.4, 0.5) is 5.95 Å². The molecule has 8 heteroatoms. The lowest BCUT2D eigenvalue weighted by molar-refractivity contribution is -0.122. The van der Waals surface area contributed by atoms with Crippen LogP contribution in [0.15, 0.2) is 42.7 Å². The molecule has 0 spiro atoms. The Morgan fingerprint density at radius 2 is 1.82 bits per heavy atom. The van der Waals surface area contributed by atoms with Gasteiger partial charge in [0.15, 0.2) is 11.5 Å². The van der Waals surface area contributed by atoms with E-state index in [0.717, 1.165) is 50.0 Å². The summed E-state index contributed by atoms with van der Waals surface area (Å²) in [6, 6.07) is 9.47. The molecule has 1 unspecified atom stereocenters. The molecule has 3 heterocycles. The van der Waals surface area contributed by atoms with Crippen LogP contribution in [0.1, 0.15) is 6.42 Å². The van der Waals surface area contributed by atoms with Crippen molar-refractivity contribution in [2.45, 2.75) is 12.5 Å². The summed E-state index contributed by atoms with van der Waals surface area (Å²) in [6.45, 7) is 4.79. The predicted octanol–water partition coefficient (Wildman–Crippen LogP) is 0.945. The molecular formula is C20H25N5O3. The fourth-order valence-electron chi connectivity index (χ4n) is 3.40. The number of piperazine rings is 1. The molecule has 1 atom stereocenters. The number of fused-ring (bicyclic) bond motifs is 1. The summed E-state index contributed by atoms with van der Waals surface area (Å²) >= 11 is 0. The minimum absolute atomic E-state index is 0.0374. The Morgan fingerprint density at radius 3 is 2.61 bits per heavy atom. The van der Waals surface area contributed by atoms with Crippen molar-refractivity contribution in [3.8, 4) is 11.5 Å². The zero-order valence-corrected chi connectivity index (χ0v) is 15.8. The monoisotopic (exact) mass is 383 g/mol. The highest BCUT2D eigenvalue weighted by Gasteiger charge is 2.22. The van der Waals surface area contributed by atoms with Gasteiger partial charge in [0.05, 0.1) is 6.54 Å². The van der Waals surface area contributed by atoms with E-state index in [0.29, 0.717) is 19.7 Å². The lowest BCUT2D eigenvalue weighted by Gasteiger charge is -2.34. The highest BCUT2D eigenvalue weighted by Crippen LogP contribution is 2.31. The number of anilines is 1. The third-order valence-corrected chi connectivity index (χ3v) is 4.93. The minimum atomic E-state index is -0.0374. The maximum Gasteiger partial charge on any atom is 0.234 e. The zero-order valence-electron chi connectivity index (χ0n) is 15.8. The SMILES string of the molecule is O=C(CN1CCN(c2ncccn2)CC1)NCCC1COc2ccccc2O1. The minimum Gasteiger partial charge on any atom is -0.486 e. The smallest absolute Gasteiger partial charge is 0.234 e. The fraction of sp³-hybridized carbons (Fsp3) is 0.450. The van der Waals surface area contributed by atoms with Crippen molar-refractivity contribution in [3.05, 3.63) is 42.7 Å². The Balaban J connectivity index is 1.14. The molecule has 1 amide bonds. The van der Waals surface area contributed by atoms with Gasteiger partial charge < -0.3 is 19.7 Å². The van der Waals surface area contributed by atoms with Gasteiger partial charge in [0, 0.05) is 51.5 Å². The Labute approximate surface area is 164 Å². The molecule has 1 N–H and O–H groups in total. The number of aromatic nitrogens is 2. The average molecular weight is 383 g/mol. The van der Waals surface area contributed by atoms with Crippen LogP contribution in [-0.2, 0) is 4.79 Å². The van der Waals surface area contributed by atoms with Crippen LogP contribution in [0.25, 0.3) is 0 Å². The Bertz CT molecular complexity index is 780. The number of para-hydroxylation sites is 2. The number of hydrogen-bond acceptors (Lipinski definition) is 7. The summed E-state index contributed by atoms with van der Waals surface area (Å²) < 4.78 is 11.6. The number of nitrogens with zero attached hydrogens (tertiary/aromatic N) is 4. The van der Waals surface area contributed by atoms with Crippen molar-refractivity contribution < 1.29 is 14.3 Å². The fourth-order valence-corrected chi connectivity index (χ4v) is 3.40. The molecule has 2 aliphatic heterocycles. The highest BCUT2D eigenvalue weighted by atomic mass is 16.6. The van der Waals surface area contributed by atoms with Gasteiger partial charge in [0.2, 0.25) is 11.9 Å². The van der Waals surface area contributed by atoms with Crippen molar-refractivity contribution >= 4 is 11.9 Å². The van der Waals surface area contributed by atoms with Gasteiger partial charge in [0.1, 0.15) is 12.7 Å². The van der Waals surface area contributed by atoms with E-state index in [9.17, 15) is 4.79 Å². The molecular weight excluding hydrogens is 358 g/mol. The normalized spacial score (nSPS) is 19.3. The van der Waals surface area contributed by atoms with Gasteiger partial charge >= 0.3 is 0 Å². The van der Waals surface area contributed by atoms with Crippen LogP contribution in [0.3, 0.4) is 0 Å². The molecule has 2 aliphatic rings. The van der Waals surface area contributed by atoms with Gasteiger partial charge in [-0.05, 0) is 18.2 Å². The molecule has 1 aromatic carbocycles. The second-order valence-electron chi connectivity index (χ2n) is 6.95. The van der Waals surface area contributed by atoms with Gasteiger partial charge in [0.25, 0.3) is 0 Å². The predicted molar refractivity (Wildman–Crippen MR) is 105 cm³/mol. The standard InChI is InChI=1S/C20H25N5O3/c26-19(14-24-10-12-25(13-11-24)20-22-7-3-8-23-20)21-9-6-16-15-27-17-4-1-2-5-18(17)28-16/h1-5,7-8,16H,6,9-15H2,(H,21,26). The van der Waals surface area contributed by atoms with Gasteiger partial charge in [-0.25, -0.2) is 9.97 Å². The number of benzene rings is 1. The molecule has 8 nitrogen and oxygen atoms in total. The molecule has 148 valence electrons. The molecule has 1 saturated heterocycles. The summed E-state index contributed by atoms with van der Waals surface area (Å²) in [5, 5.41) is 2.99. The van der Waals surface area contributed by atoms with Crippen molar-refractivity contribution in [1.29, 1.82) is 0 Å². The largest absolute Gasteiger partial charge is 0.486 e. The molecule has 1 aromatic heterocycles. The highest BCUT2D eigenvalue weighted by molar-refractivity contribution is 5.78. The third kappa shape index (κ3) is 4.69. The number of hydrogen-bond donors (Lipinski definition) is 1. The van der Waals surface area contributed by atoms with Gasteiger partial charge in [-0.15, -0.1) is 0 Å². The van der Waals surface area contributed by atoms with Crippen molar-refractivity contribution in [1.82, 2.24) is 20.2 Å². The van der Waals surface area contributed by atoms with E-state index in [1.54, 1.807) is 12.4 Å². The van der Waals surface area contributed by atoms with E-state index < -0.39 is 0 Å². The summed E-state index contributed by atoms with van der Waals surface area (Å²) in [6.07, 6.45) is 4.19. The van der Waals surface area contributed by atoms with E-state index >= 15 is 0 Å². The van der Waals surface area contributed by atoms with Crippen LogP contribution in [0.5, 0.6) is 11.5 Å². The molecule has 0 aliphatic carbocycles. The quantitative estimate of drug-likeness (QED) is 0.795. The lowest BCUT2D eigenvalue weighted by Crippen LogP contribution is -2.50. The second-order valence-corrected chi connectivity index (χ2v) is 6.95. The first-order valence-corrected chi connectivity index (χ1v) is 9.67. The Hall–Kier alpha value is -2.87. The third-order valence-electron chi connectivity index (χ3n) is 4.93. The van der Waals surface area contributed by atoms with E-state index in [-0.39, 0.29) is 12.0 Å². The molecule has 0 saturated carbocycles. The van der Waals surface area contributed by atoms with Gasteiger partial charge in [-0.1, -0.05) is 12.1 Å². The average Bonchev–Trinajstić information content (AvgIpc) is 2.75. The van der Waals surface area contributed by atoms with Crippen LogP contribution >= 0.6 is 0 Å².